The van der Waals surface area contributed by atoms with Crippen molar-refractivity contribution in [1.29, 1.82) is 5.26 Å². The van der Waals surface area contributed by atoms with Gasteiger partial charge in [-0.3, -0.25) is 0 Å². The number of ether oxygens (including phenoxy) is 1. The van der Waals surface area contributed by atoms with Crippen molar-refractivity contribution in [3.8, 4) is 11.8 Å². The average molecular weight is 274 g/mol. The van der Waals surface area contributed by atoms with Crippen LogP contribution in [0.15, 0.2) is 36.4 Å². The Labute approximate surface area is 116 Å². The minimum atomic E-state index is 0.520. The highest BCUT2D eigenvalue weighted by Crippen LogP contribution is 2.32. The number of benzene rings is 2. The van der Waals surface area contributed by atoms with E-state index in [0.29, 0.717) is 22.0 Å². The van der Waals surface area contributed by atoms with E-state index < -0.39 is 0 Å². The van der Waals surface area contributed by atoms with Gasteiger partial charge >= 0.3 is 0 Å². The normalized spacial score (nSPS) is 9.74. The number of anilines is 3. The summed E-state index contributed by atoms with van der Waals surface area (Å²) in [4.78, 5) is 0. The molecule has 0 aliphatic rings. The maximum Gasteiger partial charge on any atom is 0.143 e. The van der Waals surface area contributed by atoms with Crippen LogP contribution >= 0.6 is 11.6 Å². The molecular weight excluding hydrogens is 262 g/mol. The summed E-state index contributed by atoms with van der Waals surface area (Å²) in [5.41, 5.74) is 8.23. The quantitative estimate of drug-likeness (QED) is 0.839. The Morgan fingerprint density at radius 3 is 2.58 bits per heavy atom. The van der Waals surface area contributed by atoms with Gasteiger partial charge in [-0.05, 0) is 30.3 Å². The van der Waals surface area contributed by atoms with Crippen molar-refractivity contribution >= 4 is 28.7 Å². The first kappa shape index (κ1) is 13.1. The van der Waals surface area contributed by atoms with E-state index in [9.17, 15) is 0 Å². The van der Waals surface area contributed by atoms with Gasteiger partial charge in [0.2, 0.25) is 0 Å². The second kappa shape index (κ2) is 5.51. The summed E-state index contributed by atoms with van der Waals surface area (Å²) in [6.45, 7) is 0. The number of hydrogen-bond donors (Lipinski definition) is 2. The van der Waals surface area contributed by atoms with Gasteiger partial charge in [-0.1, -0.05) is 11.6 Å². The molecule has 0 amide bonds. The summed E-state index contributed by atoms with van der Waals surface area (Å²) in [7, 11) is 1.55. The largest absolute Gasteiger partial charge is 0.495 e. The summed E-state index contributed by atoms with van der Waals surface area (Å²) in [5, 5.41) is 12.5. The molecule has 3 N–H and O–H groups in total. The average Bonchev–Trinajstić information content (AvgIpc) is 2.42. The highest BCUT2D eigenvalue weighted by atomic mass is 35.5. The highest BCUT2D eigenvalue weighted by molar-refractivity contribution is 6.33. The van der Waals surface area contributed by atoms with Gasteiger partial charge < -0.3 is 15.8 Å². The first-order valence-corrected chi connectivity index (χ1v) is 5.92. The van der Waals surface area contributed by atoms with E-state index in [1.807, 2.05) is 0 Å². The molecule has 2 aromatic rings. The molecule has 19 heavy (non-hydrogen) atoms. The molecule has 0 unspecified atom stereocenters. The molecule has 0 aliphatic heterocycles. The van der Waals surface area contributed by atoms with Crippen molar-refractivity contribution in [1.82, 2.24) is 0 Å². The monoisotopic (exact) mass is 273 g/mol. The van der Waals surface area contributed by atoms with Gasteiger partial charge in [0.05, 0.1) is 35.1 Å². The van der Waals surface area contributed by atoms with E-state index in [0.717, 1.165) is 11.4 Å². The Bertz CT molecular complexity index is 650. The standard InChI is InChI=1S/C14H12ClN3O/c1-19-14-6-9(8-16)2-4-13(14)18-12-5-3-10(17)7-11(12)15/h2-7,18H,17H2,1H3. The lowest BCUT2D eigenvalue weighted by molar-refractivity contribution is 0.416. The summed E-state index contributed by atoms with van der Waals surface area (Å²) >= 11 is 6.10. The number of hydrogen-bond acceptors (Lipinski definition) is 4. The van der Waals surface area contributed by atoms with Crippen LogP contribution in [0.5, 0.6) is 5.75 Å². The number of methoxy groups -OCH3 is 1. The van der Waals surface area contributed by atoms with E-state index in [4.69, 9.17) is 27.3 Å². The fourth-order valence-corrected chi connectivity index (χ4v) is 1.88. The van der Waals surface area contributed by atoms with Crippen LogP contribution < -0.4 is 15.8 Å². The van der Waals surface area contributed by atoms with Crippen molar-refractivity contribution in [3.05, 3.63) is 47.0 Å². The lowest BCUT2D eigenvalue weighted by atomic mass is 10.2. The molecule has 0 radical (unpaired) electrons. The van der Waals surface area contributed by atoms with Gasteiger partial charge in [-0.15, -0.1) is 0 Å². The first-order valence-electron chi connectivity index (χ1n) is 5.54. The molecule has 0 fully saturated rings. The van der Waals surface area contributed by atoms with Gasteiger partial charge in [-0.25, -0.2) is 0 Å². The van der Waals surface area contributed by atoms with E-state index >= 15 is 0 Å². The zero-order chi connectivity index (χ0) is 13.8. The lowest BCUT2D eigenvalue weighted by Gasteiger charge is -2.12. The molecule has 0 aliphatic carbocycles. The topological polar surface area (TPSA) is 71.1 Å². The van der Waals surface area contributed by atoms with E-state index in [2.05, 4.69) is 11.4 Å². The van der Waals surface area contributed by atoms with Gasteiger partial charge in [-0.2, -0.15) is 5.26 Å². The zero-order valence-corrected chi connectivity index (χ0v) is 11.0. The maximum absolute atomic E-state index is 8.85. The molecule has 0 saturated heterocycles. The third-order valence-electron chi connectivity index (χ3n) is 2.59. The minimum Gasteiger partial charge on any atom is -0.495 e. The highest BCUT2D eigenvalue weighted by Gasteiger charge is 2.07. The molecule has 96 valence electrons. The Hall–Kier alpha value is -2.38. The Morgan fingerprint density at radius 1 is 1.21 bits per heavy atom. The van der Waals surface area contributed by atoms with Crippen molar-refractivity contribution in [3.63, 3.8) is 0 Å². The third-order valence-corrected chi connectivity index (χ3v) is 2.91. The molecule has 4 nitrogen and oxygen atoms in total. The first-order chi connectivity index (χ1) is 9.13. The SMILES string of the molecule is COc1cc(C#N)ccc1Nc1ccc(N)cc1Cl. The number of nitrogens with one attached hydrogen (secondary N) is 1. The Kier molecular flexibility index (Phi) is 3.79. The number of nitrogens with zero attached hydrogens (tertiary/aromatic N) is 1. The van der Waals surface area contributed by atoms with Crippen LogP contribution in [0.1, 0.15) is 5.56 Å². The predicted octanol–water partition coefficient (Wildman–Crippen LogP) is 3.55. The van der Waals surface area contributed by atoms with Crippen molar-refractivity contribution in [2.24, 2.45) is 0 Å². The number of rotatable bonds is 3. The number of halogens is 1. The van der Waals surface area contributed by atoms with Gasteiger partial charge in [0.1, 0.15) is 5.75 Å². The smallest absolute Gasteiger partial charge is 0.143 e. The summed E-state index contributed by atoms with van der Waals surface area (Å²) in [6, 6.07) is 12.4. The molecule has 0 spiro atoms. The Morgan fingerprint density at radius 2 is 1.95 bits per heavy atom. The number of nitriles is 1. The van der Waals surface area contributed by atoms with Crippen LogP contribution in [0, 0.1) is 11.3 Å². The molecule has 5 heteroatoms. The zero-order valence-electron chi connectivity index (χ0n) is 10.3. The predicted molar refractivity (Wildman–Crippen MR) is 76.9 cm³/mol. The second-order valence-corrected chi connectivity index (χ2v) is 4.30. The molecule has 0 saturated carbocycles. The molecule has 0 aromatic heterocycles. The van der Waals surface area contributed by atoms with Gasteiger partial charge in [0, 0.05) is 11.8 Å². The number of nitrogen functional groups attached to an aromatic ring is 1. The van der Waals surface area contributed by atoms with Crippen molar-refractivity contribution in [2.45, 2.75) is 0 Å². The van der Waals surface area contributed by atoms with Crippen LogP contribution in [0.2, 0.25) is 5.02 Å². The number of nitrogens with two attached hydrogens (primary N) is 1. The minimum absolute atomic E-state index is 0.520. The van der Waals surface area contributed by atoms with Gasteiger partial charge in [0.25, 0.3) is 0 Å². The lowest BCUT2D eigenvalue weighted by Crippen LogP contribution is -1.96. The van der Waals surface area contributed by atoms with E-state index in [1.54, 1.807) is 43.5 Å². The molecule has 2 rings (SSSR count). The van der Waals surface area contributed by atoms with Crippen LogP contribution in [0.25, 0.3) is 0 Å². The van der Waals surface area contributed by atoms with Gasteiger partial charge in [0.15, 0.2) is 0 Å². The van der Waals surface area contributed by atoms with Crippen LogP contribution in [0.4, 0.5) is 17.1 Å². The molecule has 0 heterocycles. The fourth-order valence-electron chi connectivity index (χ4n) is 1.64. The summed E-state index contributed by atoms with van der Waals surface area (Å²) < 4.78 is 5.24. The molecule has 2 aromatic carbocycles. The third kappa shape index (κ3) is 2.90. The van der Waals surface area contributed by atoms with E-state index in [1.165, 1.54) is 0 Å². The fraction of sp³-hybridized carbons (Fsp3) is 0.0714. The van der Waals surface area contributed by atoms with E-state index in [-0.39, 0.29) is 0 Å². The molecule has 0 atom stereocenters. The van der Waals surface area contributed by atoms with Crippen molar-refractivity contribution < 1.29 is 4.74 Å². The van der Waals surface area contributed by atoms with Crippen LogP contribution in [0.3, 0.4) is 0 Å². The summed E-state index contributed by atoms with van der Waals surface area (Å²) in [6.07, 6.45) is 0. The Balaban J connectivity index is 2.35. The molecular formula is C14H12ClN3O. The van der Waals surface area contributed by atoms with Crippen LogP contribution in [-0.4, -0.2) is 7.11 Å². The van der Waals surface area contributed by atoms with Crippen LogP contribution in [-0.2, 0) is 0 Å². The molecule has 0 bridgehead atoms. The van der Waals surface area contributed by atoms with Crippen molar-refractivity contribution in [2.75, 3.05) is 18.2 Å². The maximum atomic E-state index is 8.85. The summed E-state index contributed by atoms with van der Waals surface area (Å²) in [5.74, 6) is 0.576. The second-order valence-electron chi connectivity index (χ2n) is 3.89.